The van der Waals surface area contributed by atoms with Crippen molar-refractivity contribution in [3.63, 3.8) is 0 Å². The highest BCUT2D eigenvalue weighted by Crippen LogP contribution is 2.41. The lowest BCUT2D eigenvalue weighted by molar-refractivity contribution is 0.0696. The van der Waals surface area contributed by atoms with Gasteiger partial charge in [-0.1, -0.05) is 36.7 Å². The van der Waals surface area contributed by atoms with Crippen LogP contribution in [0.3, 0.4) is 0 Å². The number of likely N-dealkylation sites (N-methyl/N-ethyl adjacent to an activating group) is 1. The Hall–Kier alpha value is -3.09. The van der Waals surface area contributed by atoms with E-state index in [0.29, 0.717) is 46.1 Å². The zero-order valence-electron chi connectivity index (χ0n) is 16.3. The van der Waals surface area contributed by atoms with Crippen LogP contribution in [0, 0.1) is 0 Å². The van der Waals surface area contributed by atoms with Gasteiger partial charge in [-0.25, -0.2) is 9.78 Å². The highest BCUT2D eigenvalue weighted by molar-refractivity contribution is 6.32. The van der Waals surface area contributed by atoms with Gasteiger partial charge in [-0.3, -0.25) is 4.90 Å². The second-order valence-electron chi connectivity index (χ2n) is 7.35. The van der Waals surface area contributed by atoms with Crippen molar-refractivity contribution in [1.29, 1.82) is 0 Å². The molecule has 0 unspecified atom stereocenters. The lowest BCUT2D eigenvalue weighted by atomic mass is 9.92. The Morgan fingerprint density at radius 2 is 2.10 bits per heavy atom. The molecule has 152 valence electrons. The average Bonchev–Trinajstić information content (AvgIpc) is 3.21. The van der Waals surface area contributed by atoms with Crippen LogP contribution in [-0.4, -0.2) is 40.8 Å². The lowest BCUT2D eigenvalue weighted by Gasteiger charge is -2.30. The molecule has 3 aromatic rings. The minimum absolute atomic E-state index is 0.150. The van der Waals surface area contributed by atoms with Gasteiger partial charge in [0.05, 0.1) is 21.8 Å². The maximum absolute atomic E-state index is 12.2. The van der Waals surface area contributed by atoms with Crippen molar-refractivity contribution in [3.05, 3.63) is 63.8 Å². The molecule has 0 bridgehead atoms. The number of pyridine rings is 1. The number of aromatic carboxylic acids is 1. The Bertz CT molecular complexity index is 1220. The molecule has 0 atom stereocenters. The molecule has 1 aromatic heterocycles. The van der Waals surface area contributed by atoms with Gasteiger partial charge in [0.2, 0.25) is 6.79 Å². The fourth-order valence-electron chi connectivity index (χ4n) is 4.12. The monoisotopic (exact) mass is 422 g/mol. The van der Waals surface area contributed by atoms with Crippen LogP contribution in [0.5, 0.6) is 11.5 Å². The van der Waals surface area contributed by atoms with E-state index in [1.807, 2.05) is 42.5 Å². The van der Waals surface area contributed by atoms with E-state index in [2.05, 4.69) is 11.8 Å². The summed E-state index contributed by atoms with van der Waals surface area (Å²) in [6.45, 7) is 4.22. The Morgan fingerprint density at radius 1 is 1.27 bits per heavy atom. The van der Waals surface area contributed by atoms with Gasteiger partial charge in [-0.05, 0) is 42.0 Å². The predicted octanol–water partition coefficient (Wildman–Crippen LogP) is 4.69. The van der Waals surface area contributed by atoms with Gasteiger partial charge in [0.1, 0.15) is 0 Å². The fourth-order valence-corrected chi connectivity index (χ4v) is 4.39. The number of carbonyl (C=O) groups is 1. The molecule has 2 aromatic carbocycles. The zero-order chi connectivity index (χ0) is 20.8. The smallest absolute Gasteiger partial charge is 0.336 e. The van der Waals surface area contributed by atoms with Gasteiger partial charge < -0.3 is 14.6 Å². The molecule has 0 spiro atoms. The Kier molecular flexibility index (Phi) is 4.60. The van der Waals surface area contributed by atoms with Crippen LogP contribution in [0.25, 0.3) is 22.6 Å². The molecule has 2 aliphatic heterocycles. The van der Waals surface area contributed by atoms with Crippen molar-refractivity contribution >= 4 is 40.1 Å². The number of carboxylic acids is 1. The molecule has 6 nitrogen and oxygen atoms in total. The van der Waals surface area contributed by atoms with Gasteiger partial charge in [0.15, 0.2) is 11.5 Å². The number of carboxylic acid groups (broad SMARTS) is 1. The summed E-state index contributed by atoms with van der Waals surface area (Å²) in [5.41, 5.74) is 4.27. The number of nitrogens with zero attached hydrogens (tertiary/aromatic N) is 2. The number of fused-ring (bicyclic) bond motifs is 3. The van der Waals surface area contributed by atoms with Crippen LogP contribution in [0.1, 0.15) is 34.1 Å². The van der Waals surface area contributed by atoms with E-state index < -0.39 is 5.97 Å². The molecule has 0 fully saturated rings. The lowest BCUT2D eigenvalue weighted by Crippen LogP contribution is -2.31. The minimum Gasteiger partial charge on any atom is -0.478 e. The molecule has 30 heavy (non-hydrogen) atoms. The van der Waals surface area contributed by atoms with E-state index in [1.54, 1.807) is 0 Å². The highest BCUT2D eigenvalue weighted by Gasteiger charge is 2.28. The van der Waals surface area contributed by atoms with Crippen LogP contribution >= 0.6 is 11.6 Å². The molecule has 0 aliphatic carbocycles. The molecule has 2 aliphatic rings. The summed E-state index contributed by atoms with van der Waals surface area (Å²) in [5.74, 6) is 0.221. The van der Waals surface area contributed by atoms with E-state index in [9.17, 15) is 9.90 Å². The van der Waals surface area contributed by atoms with Crippen molar-refractivity contribution in [3.8, 4) is 11.5 Å². The number of rotatable bonds is 3. The molecule has 7 heteroatoms. The predicted molar refractivity (Wildman–Crippen MR) is 115 cm³/mol. The van der Waals surface area contributed by atoms with Crippen LogP contribution in [0.4, 0.5) is 0 Å². The summed E-state index contributed by atoms with van der Waals surface area (Å²) in [6.07, 6.45) is 2.00. The molecule has 1 N–H and O–H groups in total. The molecule has 0 saturated heterocycles. The first-order valence-electron chi connectivity index (χ1n) is 9.72. The van der Waals surface area contributed by atoms with Crippen molar-refractivity contribution in [2.24, 2.45) is 0 Å². The van der Waals surface area contributed by atoms with Crippen molar-refractivity contribution in [2.45, 2.75) is 13.5 Å². The van der Waals surface area contributed by atoms with Crippen molar-refractivity contribution in [2.75, 3.05) is 19.9 Å². The molecule has 0 amide bonds. The molecule has 0 saturated carbocycles. The SMILES string of the molecule is CCN1C/C(=C/c2cc(Cl)c3c(c2)OCO3)c2nc3ccccc3c(C(=O)O)c2C1. The molecule has 5 rings (SSSR count). The van der Waals surface area contributed by atoms with Crippen molar-refractivity contribution < 1.29 is 19.4 Å². The molecule has 0 radical (unpaired) electrons. The fraction of sp³-hybridized carbons (Fsp3) is 0.217. The quantitative estimate of drug-likeness (QED) is 0.660. The third-order valence-electron chi connectivity index (χ3n) is 5.52. The Morgan fingerprint density at radius 3 is 2.90 bits per heavy atom. The number of hydrogen-bond donors (Lipinski definition) is 1. The second kappa shape index (κ2) is 7.31. The van der Waals surface area contributed by atoms with E-state index in [1.165, 1.54) is 0 Å². The molecule has 3 heterocycles. The Labute approximate surface area is 178 Å². The van der Waals surface area contributed by atoms with Gasteiger partial charge in [0, 0.05) is 24.0 Å². The number of ether oxygens (including phenoxy) is 2. The maximum Gasteiger partial charge on any atom is 0.336 e. The number of aromatic nitrogens is 1. The van der Waals surface area contributed by atoms with Gasteiger partial charge in [-0.15, -0.1) is 0 Å². The van der Waals surface area contributed by atoms with Crippen molar-refractivity contribution in [1.82, 2.24) is 9.88 Å². The molecular weight excluding hydrogens is 404 g/mol. The normalized spacial score (nSPS) is 16.8. The van der Waals surface area contributed by atoms with Crippen LogP contribution in [-0.2, 0) is 6.54 Å². The summed E-state index contributed by atoms with van der Waals surface area (Å²) in [4.78, 5) is 19.3. The first-order chi connectivity index (χ1) is 14.5. The van der Waals surface area contributed by atoms with Gasteiger partial charge >= 0.3 is 5.97 Å². The van der Waals surface area contributed by atoms with Gasteiger partial charge in [0.25, 0.3) is 0 Å². The zero-order valence-corrected chi connectivity index (χ0v) is 17.1. The van der Waals surface area contributed by atoms with E-state index >= 15 is 0 Å². The number of hydrogen-bond acceptors (Lipinski definition) is 5. The van der Waals surface area contributed by atoms with E-state index in [0.717, 1.165) is 28.9 Å². The summed E-state index contributed by atoms with van der Waals surface area (Å²) in [6, 6.07) is 11.1. The van der Waals surface area contributed by atoms with Crippen LogP contribution in [0.15, 0.2) is 36.4 Å². The third-order valence-corrected chi connectivity index (χ3v) is 5.81. The number of para-hydroxylation sites is 1. The van der Waals surface area contributed by atoms with Crippen LogP contribution in [0.2, 0.25) is 5.02 Å². The maximum atomic E-state index is 12.2. The summed E-state index contributed by atoms with van der Waals surface area (Å²) >= 11 is 6.36. The third kappa shape index (κ3) is 3.09. The van der Waals surface area contributed by atoms with E-state index in [4.69, 9.17) is 26.1 Å². The number of benzene rings is 2. The standard InChI is InChI=1S/C23H19ClN2O4/c1-2-26-10-14(7-13-8-17(24)22-19(9-13)29-12-30-22)21-16(11-26)20(23(27)28)15-5-3-4-6-18(15)25-21/h3-9H,2,10-12H2,1H3,(H,27,28)/b14-7-. The summed E-state index contributed by atoms with van der Waals surface area (Å²) in [5, 5.41) is 11.1. The van der Waals surface area contributed by atoms with E-state index in [-0.39, 0.29) is 6.79 Å². The first-order valence-corrected chi connectivity index (χ1v) is 10.1. The largest absolute Gasteiger partial charge is 0.478 e. The van der Waals surface area contributed by atoms with Gasteiger partial charge in [-0.2, -0.15) is 0 Å². The topological polar surface area (TPSA) is 71.9 Å². The Balaban J connectivity index is 1.73. The second-order valence-corrected chi connectivity index (χ2v) is 7.75. The summed E-state index contributed by atoms with van der Waals surface area (Å²) < 4.78 is 10.9. The first kappa shape index (κ1) is 18.9. The minimum atomic E-state index is -0.937. The summed E-state index contributed by atoms with van der Waals surface area (Å²) in [7, 11) is 0. The highest BCUT2D eigenvalue weighted by atomic mass is 35.5. The van der Waals surface area contributed by atoms with Crippen LogP contribution < -0.4 is 9.47 Å². The molecular formula is C23H19ClN2O4. The average molecular weight is 423 g/mol. The number of halogens is 1.